The van der Waals surface area contributed by atoms with Crippen LogP contribution in [-0.4, -0.2) is 6.04 Å². The molecular formula is C22H24N. The van der Waals surface area contributed by atoms with Crippen molar-refractivity contribution in [3.8, 4) is 0 Å². The molecule has 23 heavy (non-hydrogen) atoms. The number of hydrogen-bond donors (Lipinski definition) is 0. The molecule has 1 nitrogen and oxygen atoms in total. The maximum Gasteiger partial charge on any atom is 0.0696 e. The number of hydrogen-bond acceptors (Lipinski definition) is 1. The summed E-state index contributed by atoms with van der Waals surface area (Å²) in [7, 11) is 0. The summed E-state index contributed by atoms with van der Waals surface area (Å²) in [5.74, 6) is 0. The lowest BCUT2D eigenvalue weighted by Gasteiger charge is -2.36. The zero-order valence-corrected chi connectivity index (χ0v) is 14.2. The van der Waals surface area contributed by atoms with Crippen molar-refractivity contribution in [2.24, 2.45) is 0 Å². The molecular weight excluding hydrogens is 278 g/mol. The van der Waals surface area contributed by atoms with Crippen molar-refractivity contribution in [2.45, 2.75) is 39.7 Å². The smallest absolute Gasteiger partial charge is 0.0696 e. The number of rotatable bonds is 4. The summed E-state index contributed by atoms with van der Waals surface area (Å²) in [5.41, 5.74) is 6.64. The topological polar surface area (TPSA) is 3.24 Å². The van der Waals surface area contributed by atoms with Crippen LogP contribution in [-0.2, 0) is 0 Å². The number of benzene rings is 2. The summed E-state index contributed by atoms with van der Waals surface area (Å²) in [6.07, 6.45) is 5.87. The Hall–Kier alpha value is -2.28. The van der Waals surface area contributed by atoms with Crippen molar-refractivity contribution < 1.29 is 0 Å². The maximum absolute atomic E-state index is 3.66. The molecule has 0 bridgehead atoms. The molecule has 0 aromatic heterocycles. The largest absolute Gasteiger partial charge is 0.332 e. The molecule has 0 amide bonds. The van der Waals surface area contributed by atoms with Crippen LogP contribution in [0.4, 0.5) is 5.69 Å². The van der Waals surface area contributed by atoms with Crippen LogP contribution >= 0.6 is 0 Å². The summed E-state index contributed by atoms with van der Waals surface area (Å²) in [6, 6.07) is 21.6. The molecule has 2 aromatic rings. The highest BCUT2D eigenvalue weighted by molar-refractivity contribution is 5.80. The van der Waals surface area contributed by atoms with E-state index >= 15 is 0 Å². The third-order valence-electron chi connectivity index (χ3n) is 4.54. The van der Waals surface area contributed by atoms with Crippen molar-refractivity contribution in [1.82, 2.24) is 0 Å². The summed E-state index contributed by atoms with van der Waals surface area (Å²) in [5, 5.41) is 0. The van der Waals surface area contributed by atoms with Gasteiger partial charge in [0.2, 0.25) is 0 Å². The second-order valence-corrected chi connectivity index (χ2v) is 6.13. The summed E-state index contributed by atoms with van der Waals surface area (Å²) >= 11 is 0. The first-order chi connectivity index (χ1) is 11.2. The van der Waals surface area contributed by atoms with E-state index in [0.717, 1.165) is 12.8 Å². The summed E-state index contributed by atoms with van der Waals surface area (Å²) in [4.78, 5) is 2.29. The maximum atomic E-state index is 3.66. The van der Waals surface area contributed by atoms with Gasteiger partial charge in [-0.05, 0) is 54.7 Å². The van der Waals surface area contributed by atoms with Crippen molar-refractivity contribution in [3.63, 3.8) is 0 Å². The summed E-state index contributed by atoms with van der Waals surface area (Å²) in [6.45, 7) is 6.75. The van der Waals surface area contributed by atoms with E-state index in [4.69, 9.17) is 0 Å². The SMILES string of the molecule is CCCC1=[C]N(c2ccccc2)C(C)C(c2ccccc2)=C1C. The molecule has 0 saturated carbocycles. The average Bonchev–Trinajstić information content (AvgIpc) is 2.59. The van der Waals surface area contributed by atoms with Crippen molar-refractivity contribution in [2.75, 3.05) is 4.90 Å². The van der Waals surface area contributed by atoms with E-state index in [2.05, 4.69) is 92.5 Å². The van der Waals surface area contributed by atoms with Gasteiger partial charge in [-0.25, -0.2) is 0 Å². The molecule has 1 atom stereocenters. The van der Waals surface area contributed by atoms with Gasteiger partial charge in [0.1, 0.15) is 0 Å². The number of allylic oxidation sites excluding steroid dienone is 2. The predicted molar refractivity (Wildman–Crippen MR) is 99.1 cm³/mol. The first-order valence-electron chi connectivity index (χ1n) is 8.45. The van der Waals surface area contributed by atoms with Gasteiger partial charge in [0.25, 0.3) is 0 Å². The van der Waals surface area contributed by atoms with Gasteiger partial charge in [0.05, 0.1) is 12.2 Å². The molecule has 3 rings (SSSR count). The highest BCUT2D eigenvalue weighted by Crippen LogP contribution is 2.37. The molecule has 1 aliphatic heterocycles. The fourth-order valence-corrected chi connectivity index (χ4v) is 3.38. The van der Waals surface area contributed by atoms with E-state index < -0.39 is 0 Å². The highest BCUT2D eigenvalue weighted by atomic mass is 15.1. The van der Waals surface area contributed by atoms with Crippen LogP contribution < -0.4 is 4.90 Å². The normalized spacial score (nSPS) is 18.1. The lowest BCUT2D eigenvalue weighted by molar-refractivity contribution is 0.800. The molecule has 0 saturated heterocycles. The minimum absolute atomic E-state index is 0.278. The monoisotopic (exact) mass is 302 g/mol. The van der Waals surface area contributed by atoms with E-state index in [1.54, 1.807) is 0 Å². The van der Waals surface area contributed by atoms with E-state index in [0.29, 0.717) is 0 Å². The zero-order chi connectivity index (χ0) is 16.2. The minimum Gasteiger partial charge on any atom is -0.332 e. The van der Waals surface area contributed by atoms with Gasteiger partial charge in [0.15, 0.2) is 0 Å². The van der Waals surface area contributed by atoms with Gasteiger partial charge >= 0.3 is 0 Å². The van der Waals surface area contributed by atoms with Gasteiger partial charge in [-0.3, -0.25) is 0 Å². The lowest BCUT2D eigenvalue weighted by atomic mass is 9.86. The third-order valence-corrected chi connectivity index (χ3v) is 4.54. The Morgan fingerprint density at radius 1 is 0.957 bits per heavy atom. The Labute approximate surface area is 140 Å². The first kappa shape index (κ1) is 15.6. The Bertz CT molecular complexity index is 710. The fraction of sp³-hybridized carbons (Fsp3) is 0.273. The predicted octanol–water partition coefficient (Wildman–Crippen LogP) is 5.86. The van der Waals surface area contributed by atoms with Crippen LogP contribution in [0, 0.1) is 6.20 Å². The van der Waals surface area contributed by atoms with E-state index in [1.165, 1.54) is 28.0 Å². The highest BCUT2D eigenvalue weighted by Gasteiger charge is 2.26. The van der Waals surface area contributed by atoms with Gasteiger partial charge in [-0.15, -0.1) is 0 Å². The van der Waals surface area contributed by atoms with Crippen LogP contribution in [0.15, 0.2) is 71.8 Å². The molecule has 0 spiro atoms. The molecule has 2 aromatic carbocycles. The van der Waals surface area contributed by atoms with Crippen molar-refractivity contribution >= 4 is 11.3 Å². The molecule has 1 heterocycles. The van der Waals surface area contributed by atoms with E-state index in [1.807, 2.05) is 0 Å². The Morgan fingerprint density at radius 3 is 2.17 bits per heavy atom. The second-order valence-electron chi connectivity index (χ2n) is 6.13. The molecule has 1 unspecified atom stereocenters. The number of nitrogens with zero attached hydrogens (tertiary/aromatic N) is 1. The molecule has 1 heteroatoms. The molecule has 0 fully saturated rings. The number of anilines is 1. The van der Waals surface area contributed by atoms with E-state index in [9.17, 15) is 0 Å². The van der Waals surface area contributed by atoms with Crippen LogP contribution in [0.2, 0.25) is 0 Å². The van der Waals surface area contributed by atoms with Crippen LogP contribution in [0.1, 0.15) is 39.2 Å². The standard InChI is InChI=1S/C22H24N/c1-4-11-20-16-23(21-14-9-6-10-15-21)18(3)22(17(20)2)19-12-7-5-8-13-19/h5-10,12-15,18H,4,11H2,1-3H3. The van der Waals surface area contributed by atoms with Gasteiger partial charge in [-0.1, -0.05) is 61.9 Å². The van der Waals surface area contributed by atoms with E-state index in [-0.39, 0.29) is 6.04 Å². The Morgan fingerprint density at radius 2 is 1.57 bits per heavy atom. The molecule has 117 valence electrons. The number of para-hydroxylation sites is 1. The van der Waals surface area contributed by atoms with Crippen LogP contribution in [0.5, 0.6) is 0 Å². The van der Waals surface area contributed by atoms with Gasteiger partial charge in [0, 0.05) is 5.69 Å². The van der Waals surface area contributed by atoms with Crippen LogP contribution in [0.3, 0.4) is 0 Å². The molecule has 1 radical (unpaired) electrons. The minimum atomic E-state index is 0.278. The van der Waals surface area contributed by atoms with Crippen molar-refractivity contribution in [3.05, 3.63) is 83.6 Å². The van der Waals surface area contributed by atoms with Gasteiger partial charge < -0.3 is 4.90 Å². The molecule has 1 aliphatic rings. The zero-order valence-electron chi connectivity index (χ0n) is 14.2. The Balaban J connectivity index is 2.10. The second kappa shape index (κ2) is 6.87. The van der Waals surface area contributed by atoms with Crippen molar-refractivity contribution in [1.29, 1.82) is 0 Å². The quantitative estimate of drug-likeness (QED) is 0.684. The lowest BCUT2D eigenvalue weighted by Crippen LogP contribution is -2.33. The molecule has 0 aliphatic carbocycles. The molecule has 0 N–H and O–H groups in total. The Kier molecular flexibility index (Phi) is 4.66. The van der Waals surface area contributed by atoms with Gasteiger partial charge in [-0.2, -0.15) is 0 Å². The summed E-state index contributed by atoms with van der Waals surface area (Å²) < 4.78 is 0. The fourth-order valence-electron chi connectivity index (χ4n) is 3.38. The first-order valence-corrected chi connectivity index (χ1v) is 8.45. The average molecular weight is 302 g/mol. The third kappa shape index (κ3) is 3.10. The van der Waals surface area contributed by atoms with Crippen LogP contribution in [0.25, 0.3) is 5.57 Å².